The second-order valence-electron chi connectivity index (χ2n) is 5.19. The third kappa shape index (κ3) is 5.74. The lowest BCUT2D eigenvalue weighted by atomic mass is 10.2. The summed E-state index contributed by atoms with van der Waals surface area (Å²) < 4.78 is 27.7. The number of nitrogens with one attached hydrogen (secondary N) is 1. The van der Waals surface area contributed by atoms with Crippen LogP contribution in [0.5, 0.6) is 11.5 Å². The lowest BCUT2D eigenvalue weighted by molar-refractivity contribution is -0.115. The highest BCUT2D eigenvalue weighted by atomic mass is 32.2. The Kier molecular flexibility index (Phi) is 5.55. The lowest BCUT2D eigenvalue weighted by Crippen LogP contribution is -2.16. The Balaban J connectivity index is 1.92. The summed E-state index contributed by atoms with van der Waals surface area (Å²) in [7, 11) is -3.16. The number of hydrogen-bond acceptors (Lipinski definition) is 5. The maximum Gasteiger partial charge on any atom is 0.225 e. The first-order valence-corrected chi connectivity index (χ1v) is 9.17. The van der Waals surface area contributed by atoms with Gasteiger partial charge in [0.15, 0.2) is 0 Å². The fourth-order valence-corrected chi connectivity index (χ4v) is 2.40. The summed E-state index contributed by atoms with van der Waals surface area (Å²) in [5.74, 6) is 0.632. The van der Waals surface area contributed by atoms with E-state index in [9.17, 15) is 13.2 Å². The number of anilines is 1. The van der Waals surface area contributed by atoms with Crippen molar-refractivity contribution >= 4 is 21.4 Å². The van der Waals surface area contributed by atoms with Crippen LogP contribution < -0.4 is 10.1 Å². The SMILES string of the molecule is CS(=O)(=O)CCC(=O)Nc1ccc(Oc2ccc(C#N)cc2)cc1. The Morgan fingerprint density at radius 1 is 1.08 bits per heavy atom. The minimum absolute atomic E-state index is 0.0810. The van der Waals surface area contributed by atoms with Crippen molar-refractivity contribution in [1.82, 2.24) is 0 Å². The summed E-state index contributed by atoms with van der Waals surface area (Å²) in [6.07, 6.45) is 1.01. The number of carbonyl (C=O) groups excluding carboxylic acids is 1. The summed E-state index contributed by atoms with van der Waals surface area (Å²) in [5, 5.41) is 11.4. The van der Waals surface area contributed by atoms with Gasteiger partial charge in [0.2, 0.25) is 5.91 Å². The third-order valence-electron chi connectivity index (χ3n) is 3.06. The average Bonchev–Trinajstić information content (AvgIpc) is 2.55. The van der Waals surface area contributed by atoms with E-state index in [1.165, 1.54) is 0 Å². The van der Waals surface area contributed by atoms with Crippen LogP contribution in [0, 0.1) is 11.3 Å². The van der Waals surface area contributed by atoms with Crippen LogP contribution in [0.15, 0.2) is 48.5 Å². The van der Waals surface area contributed by atoms with Gasteiger partial charge in [-0.3, -0.25) is 4.79 Å². The van der Waals surface area contributed by atoms with Crippen LogP contribution in [-0.2, 0) is 14.6 Å². The molecule has 124 valence electrons. The van der Waals surface area contributed by atoms with E-state index in [1.807, 2.05) is 6.07 Å². The average molecular weight is 344 g/mol. The van der Waals surface area contributed by atoms with E-state index in [-0.39, 0.29) is 18.1 Å². The fourth-order valence-electron chi connectivity index (χ4n) is 1.84. The number of nitrogens with zero attached hydrogens (tertiary/aromatic N) is 1. The van der Waals surface area contributed by atoms with Gasteiger partial charge in [0, 0.05) is 18.4 Å². The quantitative estimate of drug-likeness (QED) is 0.869. The number of sulfone groups is 1. The van der Waals surface area contributed by atoms with E-state index in [0.717, 1.165) is 6.26 Å². The number of amides is 1. The van der Waals surface area contributed by atoms with E-state index in [2.05, 4.69) is 5.32 Å². The van der Waals surface area contributed by atoms with E-state index < -0.39 is 9.84 Å². The molecule has 0 saturated heterocycles. The lowest BCUT2D eigenvalue weighted by Gasteiger charge is -2.08. The molecule has 2 rings (SSSR count). The molecule has 7 heteroatoms. The van der Waals surface area contributed by atoms with Crippen LogP contribution in [0.1, 0.15) is 12.0 Å². The summed E-state index contributed by atoms with van der Waals surface area (Å²) in [5.41, 5.74) is 1.11. The topological polar surface area (TPSA) is 96.3 Å². The zero-order valence-electron chi connectivity index (χ0n) is 13.0. The molecule has 24 heavy (non-hydrogen) atoms. The molecule has 0 atom stereocenters. The molecule has 0 saturated carbocycles. The minimum atomic E-state index is -3.16. The minimum Gasteiger partial charge on any atom is -0.457 e. The molecule has 2 aromatic carbocycles. The van der Waals surface area contributed by atoms with Gasteiger partial charge in [-0.1, -0.05) is 0 Å². The van der Waals surface area contributed by atoms with Crippen molar-refractivity contribution in [2.45, 2.75) is 6.42 Å². The van der Waals surface area contributed by atoms with Gasteiger partial charge in [-0.15, -0.1) is 0 Å². The van der Waals surface area contributed by atoms with Crippen LogP contribution in [0.2, 0.25) is 0 Å². The van der Waals surface area contributed by atoms with Crippen molar-refractivity contribution in [3.63, 3.8) is 0 Å². The van der Waals surface area contributed by atoms with Crippen molar-refractivity contribution < 1.29 is 17.9 Å². The van der Waals surface area contributed by atoms with E-state index >= 15 is 0 Å². The zero-order chi connectivity index (χ0) is 17.6. The van der Waals surface area contributed by atoms with Gasteiger partial charge in [0.1, 0.15) is 21.3 Å². The number of ether oxygens (including phenoxy) is 1. The van der Waals surface area contributed by atoms with Gasteiger partial charge >= 0.3 is 0 Å². The molecule has 0 spiro atoms. The van der Waals surface area contributed by atoms with Crippen molar-refractivity contribution in [2.24, 2.45) is 0 Å². The third-order valence-corrected chi connectivity index (χ3v) is 4.00. The molecule has 6 nitrogen and oxygen atoms in total. The highest BCUT2D eigenvalue weighted by Gasteiger charge is 2.08. The highest BCUT2D eigenvalue weighted by molar-refractivity contribution is 7.90. The smallest absolute Gasteiger partial charge is 0.225 e. The van der Waals surface area contributed by atoms with Gasteiger partial charge < -0.3 is 10.1 Å². The van der Waals surface area contributed by atoms with Gasteiger partial charge in [-0.2, -0.15) is 5.26 Å². The molecular formula is C17H16N2O4S. The second-order valence-corrected chi connectivity index (χ2v) is 7.45. The van der Waals surface area contributed by atoms with Crippen LogP contribution in [0.3, 0.4) is 0 Å². The predicted molar refractivity (Wildman–Crippen MR) is 90.6 cm³/mol. The molecule has 0 radical (unpaired) electrons. The number of nitriles is 1. The van der Waals surface area contributed by atoms with Crippen molar-refractivity contribution in [2.75, 3.05) is 17.3 Å². The zero-order valence-corrected chi connectivity index (χ0v) is 13.8. The molecule has 0 aromatic heterocycles. The van der Waals surface area contributed by atoms with E-state index in [4.69, 9.17) is 10.00 Å². The van der Waals surface area contributed by atoms with E-state index in [1.54, 1.807) is 48.5 Å². The first kappa shape index (κ1) is 17.5. The molecular weight excluding hydrogens is 328 g/mol. The second kappa shape index (κ2) is 7.62. The number of benzene rings is 2. The monoisotopic (exact) mass is 344 g/mol. The Morgan fingerprint density at radius 2 is 1.62 bits per heavy atom. The highest BCUT2D eigenvalue weighted by Crippen LogP contribution is 2.23. The molecule has 0 unspecified atom stereocenters. The molecule has 2 aromatic rings. The van der Waals surface area contributed by atoms with Crippen LogP contribution in [-0.4, -0.2) is 26.3 Å². The van der Waals surface area contributed by atoms with Crippen LogP contribution >= 0.6 is 0 Å². The summed E-state index contributed by atoms with van der Waals surface area (Å²) in [6.45, 7) is 0. The molecule has 0 bridgehead atoms. The molecule has 0 aliphatic carbocycles. The molecule has 0 fully saturated rings. The number of hydrogen-bond donors (Lipinski definition) is 1. The van der Waals surface area contributed by atoms with Crippen molar-refractivity contribution in [3.8, 4) is 17.6 Å². The standard InChI is InChI=1S/C17H16N2O4S/c1-24(21,22)11-10-17(20)19-14-4-8-16(9-5-14)23-15-6-2-13(12-18)3-7-15/h2-9H,10-11H2,1H3,(H,19,20). The number of rotatable bonds is 6. The Morgan fingerprint density at radius 3 is 2.12 bits per heavy atom. The summed E-state index contributed by atoms with van der Waals surface area (Å²) >= 11 is 0. The molecule has 1 amide bonds. The van der Waals surface area contributed by atoms with Crippen molar-refractivity contribution in [1.29, 1.82) is 5.26 Å². The first-order chi connectivity index (χ1) is 11.4. The van der Waals surface area contributed by atoms with E-state index in [0.29, 0.717) is 22.7 Å². The maximum absolute atomic E-state index is 11.7. The molecule has 0 heterocycles. The summed E-state index contributed by atoms with van der Waals surface area (Å²) in [6, 6.07) is 15.4. The Labute approximate surface area is 140 Å². The Hall–Kier alpha value is -2.85. The van der Waals surface area contributed by atoms with Crippen LogP contribution in [0.25, 0.3) is 0 Å². The normalized spacial score (nSPS) is 10.7. The van der Waals surface area contributed by atoms with Crippen molar-refractivity contribution in [3.05, 3.63) is 54.1 Å². The Bertz CT molecular complexity index is 851. The van der Waals surface area contributed by atoms with Gasteiger partial charge in [0.25, 0.3) is 0 Å². The summed E-state index contributed by atoms with van der Waals surface area (Å²) in [4.78, 5) is 11.7. The van der Waals surface area contributed by atoms with Gasteiger partial charge in [-0.25, -0.2) is 8.42 Å². The van der Waals surface area contributed by atoms with Gasteiger partial charge in [-0.05, 0) is 48.5 Å². The largest absolute Gasteiger partial charge is 0.457 e. The van der Waals surface area contributed by atoms with Crippen LogP contribution in [0.4, 0.5) is 5.69 Å². The molecule has 0 aliphatic heterocycles. The van der Waals surface area contributed by atoms with Gasteiger partial charge in [0.05, 0.1) is 17.4 Å². The fraction of sp³-hybridized carbons (Fsp3) is 0.176. The molecule has 0 aliphatic rings. The predicted octanol–water partition coefficient (Wildman–Crippen LogP) is 2.72. The maximum atomic E-state index is 11.7. The first-order valence-electron chi connectivity index (χ1n) is 7.11. The molecule has 1 N–H and O–H groups in total. The number of carbonyl (C=O) groups is 1.